The molecule has 0 bridgehead atoms. The van der Waals surface area contributed by atoms with Crippen LogP contribution in [0, 0.1) is 0 Å². The van der Waals surface area contributed by atoms with Gasteiger partial charge in [-0.2, -0.15) is 0 Å². The van der Waals surface area contributed by atoms with Gasteiger partial charge in [-0.15, -0.1) is 0 Å². The van der Waals surface area contributed by atoms with Gasteiger partial charge in [0.2, 0.25) is 0 Å². The zero-order valence-electron chi connectivity index (χ0n) is 9.47. The lowest BCUT2D eigenvalue weighted by Crippen LogP contribution is -2.16. The molecule has 94 valence electrons. The number of benzene rings is 1. The average Bonchev–Trinajstić information content (AvgIpc) is 2.31. The maximum atomic E-state index is 11.6. The summed E-state index contributed by atoms with van der Waals surface area (Å²) >= 11 is 0. The predicted molar refractivity (Wildman–Crippen MR) is 61.8 cm³/mol. The molecule has 2 N–H and O–H groups in total. The summed E-state index contributed by atoms with van der Waals surface area (Å²) in [4.78, 5) is 23.1. The first-order chi connectivity index (χ1) is 8.56. The van der Waals surface area contributed by atoms with Gasteiger partial charge in [-0.1, -0.05) is 6.07 Å². The fourth-order valence-corrected chi connectivity index (χ4v) is 1.58. The molecular formula is C12H10O6. The number of hydrogen-bond donors (Lipinski definition) is 2. The standard InChI is InChI=1S/C12H10O6/c1-2-17-11(15)8-9(14)6-4-3-5-7(13)10(6)18-12(8)16/h3-5,13-14H,2H2,1H3. The second-order valence-electron chi connectivity index (χ2n) is 3.49. The normalized spacial score (nSPS) is 10.5. The fraction of sp³-hybridized carbons (Fsp3) is 0.167. The third kappa shape index (κ3) is 1.77. The van der Waals surface area contributed by atoms with Crippen LogP contribution < -0.4 is 5.63 Å². The Morgan fingerprint density at radius 2 is 2.11 bits per heavy atom. The molecule has 1 aromatic heterocycles. The van der Waals surface area contributed by atoms with Crippen LogP contribution in [0.4, 0.5) is 0 Å². The summed E-state index contributed by atoms with van der Waals surface area (Å²) in [6, 6.07) is 4.16. The van der Waals surface area contributed by atoms with E-state index in [4.69, 9.17) is 4.42 Å². The smallest absolute Gasteiger partial charge is 0.355 e. The van der Waals surface area contributed by atoms with Crippen LogP contribution in [-0.2, 0) is 4.74 Å². The van der Waals surface area contributed by atoms with Crippen molar-refractivity contribution in [1.29, 1.82) is 0 Å². The Kier molecular flexibility index (Phi) is 2.93. The lowest BCUT2D eigenvalue weighted by Gasteiger charge is -2.06. The Hall–Kier alpha value is -2.50. The van der Waals surface area contributed by atoms with Crippen molar-refractivity contribution in [3.63, 3.8) is 0 Å². The van der Waals surface area contributed by atoms with Crippen LogP contribution in [0.2, 0.25) is 0 Å². The second kappa shape index (κ2) is 4.40. The minimum atomic E-state index is -1.06. The molecule has 0 fully saturated rings. The number of hydrogen-bond acceptors (Lipinski definition) is 6. The third-order valence-corrected chi connectivity index (χ3v) is 2.36. The first-order valence-electron chi connectivity index (χ1n) is 5.21. The van der Waals surface area contributed by atoms with Crippen LogP contribution >= 0.6 is 0 Å². The quantitative estimate of drug-likeness (QED) is 0.617. The molecule has 0 radical (unpaired) electrons. The summed E-state index contributed by atoms with van der Waals surface area (Å²) in [6.07, 6.45) is 0. The number of phenols is 1. The number of rotatable bonds is 2. The van der Waals surface area contributed by atoms with E-state index in [0.29, 0.717) is 0 Å². The number of aromatic hydroxyl groups is 2. The van der Waals surface area contributed by atoms with E-state index in [0.717, 1.165) is 0 Å². The van der Waals surface area contributed by atoms with E-state index >= 15 is 0 Å². The summed E-state index contributed by atoms with van der Waals surface area (Å²) in [5, 5.41) is 19.4. The molecular weight excluding hydrogens is 240 g/mol. The van der Waals surface area contributed by atoms with E-state index in [1.165, 1.54) is 18.2 Å². The molecule has 0 spiro atoms. The molecule has 0 amide bonds. The molecule has 2 aromatic rings. The van der Waals surface area contributed by atoms with Gasteiger partial charge < -0.3 is 19.4 Å². The summed E-state index contributed by atoms with van der Waals surface area (Å²) in [5.74, 6) is -1.82. The molecule has 0 aliphatic carbocycles. The lowest BCUT2D eigenvalue weighted by atomic mass is 10.1. The molecule has 0 unspecified atom stereocenters. The van der Waals surface area contributed by atoms with Gasteiger partial charge >= 0.3 is 11.6 Å². The third-order valence-electron chi connectivity index (χ3n) is 2.36. The van der Waals surface area contributed by atoms with Crippen molar-refractivity contribution in [2.24, 2.45) is 0 Å². The number of ether oxygens (including phenoxy) is 1. The van der Waals surface area contributed by atoms with Crippen molar-refractivity contribution < 1.29 is 24.2 Å². The molecule has 0 atom stereocenters. The maximum Gasteiger partial charge on any atom is 0.355 e. The zero-order chi connectivity index (χ0) is 13.3. The van der Waals surface area contributed by atoms with Crippen molar-refractivity contribution in [2.45, 2.75) is 6.92 Å². The van der Waals surface area contributed by atoms with Crippen molar-refractivity contribution >= 4 is 16.9 Å². The molecule has 2 rings (SSSR count). The number of para-hydroxylation sites is 1. The van der Waals surface area contributed by atoms with Crippen LogP contribution in [0.5, 0.6) is 11.5 Å². The number of carbonyl (C=O) groups excluding carboxylic acids is 1. The molecule has 0 aliphatic rings. The Labute approximate surface area is 101 Å². The van der Waals surface area contributed by atoms with Crippen molar-refractivity contribution in [3.05, 3.63) is 34.2 Å². The fourth-order valence-electron chi connectivity index (χ4n) is 1.58. The number of fused-ring (bicyclic) bond motifs is 1. The topological polar surface area (TPSA) is 97.0 Å². The second-order valence-corrected chi connectivity index (χ2v) is 3.49. The van der Waals surface area contributed by atoms with Gasteiger partial charge in [0.15, 0.2) is 16.9 Å². The SMILES string of the molecule is CCOC(=O)c1c(O)c2cccc(O)c2oc1=O. The van der Waals surface area contributed by atoms with E-state index < -0.39 is 22.9 Å². The van der Waals surface area contributed by atoms with Crippen LogP contribution in [0.15, 0.2) is 27.4 Å². The summed E-state index contributed by atoms with van der Waals surface area (Å²) in [5.41, 5.74) is -1.80. The number of carbonyl (C=O) groups is 1. The van der Waals surface area contributed by atoms with E-state index in [1.807, 2.05) is 0 Å². The van der Waals surface area contributed by atoms with Gasteiger partial charge in [0.1, 0.15) is 5.75 Å². The minimum Gasteiger partial charge on any atom is -0.506 e. The van der Waals surface area contributed by atoms with Crippen molar-refractivity contribution in [1.82, 2.24) is 0 Å². The molecule has 1 heterocycles. The maximum absolute atomic E-state index is 11.6. The molecule has 18 heavy (non-hydrogen) atoms. The monoisotopic (exact) mass is 250 g/mol. The van der Waals surface area contributed by atoms with Crippen molar-refractivity contribution in [2.75, 3.05) is 6.61 Å². The van der Waals surface area contributed by atoms with Gasteiger partial charge in [0.25, 0.3) is 0 Å². The van der Waals surface area contributed by atoms with Gasteiger partial charge in [0, 0.05) is 0 Å². The minimum absolute atomic E-state index is 0.0653. The highest BCUT2D eigenvalue weighted by Gasteiger charge is 2.22. The van der Waals surface area contributed by atoms with Crippen LogP contribution in [-0.4, -0.2) is 22.8 Å². The highest BCUT2D eigenvalue weighted by atomic mass is 16.5. The largest absolute Gasteiger partial charge is 0.506 e. The molecule has 1 aromatic carbocycles. The first-order valence-corrected chi connectivity index (χ1v) is 5.21. The van der Waals surface area contributed by atoms with Gasteiger partial charge in [-0.05, 0) is 19.1 Å². The molecule has 0 saturated carbocycles. The first kappa shape index (κ1) is 12.0. The van der Waals surface area contributed by atoms with E-state index in [-0.39, 0.29) is 23.3 Å². The highest BCUT2D eigenvalue weighted by Crippen LogP contribution is 2.31. The van der Waals surface area contributed by atoms with Gasteiger partial charge in [-0.3, -0.25) is 0 Å². The van der Waals surface area contributed by atoms with Gasteiger partial charge in [-0.25, -0.2) is 9.59 Å². The molecule has 6 heteroatoms. The van der Waals surface area contributed by atoms with Crippen LogP contribution in [0.3, 0.4) is 0 Å². The van der Waals surface area contributed by atoms with E-state index in [2.05, 4.69) is 4.74 Å². The highest BCUT2D eigenvalue weighted by molar-refractivity contribution is 5.99. The number of phenolic OH excluding ortho intramolecular Hbond substituents is 1. The zero-order valence-corrected chi connectivity index (χ0v) is 9.47. The van der Waals surface area contributed by atoms with E-state index in [1.54, 1.807) is 6.92 Å². The lowest BCUT2D eigenvalue weighted by molar-refractivity contribution is 0.0518. The molecule has 0 saturated heterocycles. The predicted octanol–water partition coefficient (Wildman–Crippen LogP) is 1.38. The van der Waals surface area contributed by atoms with Crippen LogP contribution in [0.25, 0.3) is 11.0 Å². The molecule has 6 nitrogen and oxygen atoms in total. The Bertz CT molecular complexity index is 670. The number of esters is 1. The Morgan fingerprint density at radius 1 is 1.39 bits per heavy atom. The van der Waals surface area contributed by atoms with Gasteiger partial charge in [0.05, 0.1) is 12.0 Å². The van der Waals surface area contributed by atoms with E-state index in [9.17, 15) is 19.8 Å². The Morgan fingerprint density at radius 3 is 2.78 bits per heavy atom. The van der Waals surface area contributed by atoms with Crippen molar-refractivity contribution in [3.8, 4) is 11.5 Å². The Balaban J connectivity index is 2.78. The summed E-state index contributed by atoms with van der Waals surface area (Å²) in [6.45, 7) is 1.64. The average molecular weight is 250 g/mol. The summed E-state index contributed by atoms with van der Waals surface area (Å²) in [7, 11) is 0. The van der Waals surface area contributed by atoms with Crippen LogP contribution in [0.1, 0.15) is 17.3 Å². The summed E-state index contributed by atoms with van der Waals surface area (Å²) < 4.78 is 9.45. The molecule has 0 aliphatic heterocycles.